The maximum atomic E-state index is 10.5. The monoisotopic (exact) mass is 205 g/mol. The SMILES string of the molecule is Nc1cc(-n2ccnc2)ncc1[N+](=O)[O-]. The number of aromatic nitrogens is 3. The van der Waals surface area contributed by atoms with Gasteiger partial charge >= 0.3 is 5.69 Å². The molecule has 0 aromatic carbocycles. The van der Waals surface area contributed by atoms with E-state index >= 15 is 0 Å². The maximum absolute atomic E-state index is 10.5. The molecule has 0 radical (unpaired) electrons. The maximum Gasteiger partial charge on any atom is 0.310 e. The lowest BCUT2D eigenvalue weighted by molar-refractivity contribution is -0.384. The van der Waals surface area contributed by atoms with Crippen LogP contribution in [0.2, 0.25) is 0 Å². The van der Waals surface area contributed by atoms with E-state index in [-0.39, 0.29) is 11.4 Å². The molecule has 0 spiro atoms. The van der Waals surface area contributed by atoms with Crippen LogP contribution in [0.4, 0.5) is 11.4 Å². The Bertz CT molecular complexity index is 494. The number of hydrogen-bond donors (Lipinski definition) is 1. The van der Waals surface area contributed by atoms with Gasteiger partial charge in [0.05, 0.1) is 4.92 Å². The van der Waals surface area contributed by atoms with Crippen molar-refractivity contribution in [2.24, 2.45) is 0 Å². The predicted molar refractivity (Wildman–Crippen MR) is 52.4 cm³/mol. The van der Waals surface area contributed by atoms with Crippen LogP contribution in [0.15, 0.2) is 31.0 Å². The second-order valence-corrected chi connectivity index (χ2v) is 2.83. The molecule has 0 aliphatic rings. The Labute approximate surface area is 84.3 Å². The lowest BCUT2D eigenvalue weighted by atomic mass is 10.3. The Morgan fingerprint density at radius 1 is 1.53 bits per heavy atom. The molecule has 0 atom stereocenters. The second kappa shape index (κ2) is 3.37. The Kier molecular flexibility index (Phi) is 2.05. The molecule has 0 amide bonds. The summed E-state index contributed by atoms with van der Waals surface area (Å²) in [4.78, 5) is 17.7. The zero-order chi connectivity index (χ0) is 10.8. The van der Waals surface area contributed by atoms with Crippen molar-refractivity contribution < 1.29 is 4.92 Å². The molecule has 0 unspecified atom stereocenters. The van der Waals surface area contributed by atoms with Crippen molar-refractivity contribution in [1.82, 2.24) is 14.5 Å². The molecule has 0 fully saturated rings. The van der Waals surface area contributed by atoms with Crippen LogP contribution in [0.3, 0.4) is 0 Å². The summed E-state index contributed by atoms with van der Waals surface area (Å²) in [6.07, 6.45) is 5.92. The number of rotatable bonds is 2. The van der Waals surface area contributed by atoms with Crippen molar-refractivity contribution >= 4 is 11.4 Å². The molecule has 2 N–H and O–H groups in total. The van der Waals surface area contributed by atoms with Gasteiger partial charge in [-0.2, -0.15) is 0 Å². The number of nitrogens with two attached hydrogens (primary N) is 1. The second-order valence-electron chi connectivity index (χ2n) is 2.83. The number of nitrogen functional groups attached to an aromatic ring is 1. The summed E-state index contributed by atoms with van der Waals surface area (Å²) < 4.78 is 1.61. The minimum Gasteiger partial charge on any atom is -0.393 e. The summed E-state index contributed by atoms with van der Waals surface area (Å²) in [6, 6.07) is 1.43. The van der Waals surface area contributed by atoms with Crippen LogP contribution in [0.1, 0.15) is 0 Å². The van der Waals surface area contributed by atoms with Crippen LogP contribution in [0.25, 0.3) is 5.82 Å². The zero-order valence-corrected chi connectivity index (χ0v) is 7.57. The summed E-state index contributed by atoms with van der Waals surface area (Å²) in [6.45, 7) is 0. The van der Waals surface area contributed by atoms with E-state index in [1.54, 1.807) is 17.0 Å². The van der Waals surface area contributed by atoms with E-state index < -0.39 is 4.92 Å². The molecule has 15 heavy (non-hydrogen) atoms. The van der Waals surface area contributed by atoms with Gasteiger partial charge in [-0.05, 0) is 0 Å². The first-order valence-corrected chi connectivity index (χ1v) is 4.06. The first-order valence-electron chi connectivity index (χ1n) is 4.06. The van der Waals surface area contributed by atoms with Crippen molar-refractivity contribution in [3.05, 3.63) is 41.1 Å². The standard InChI is InChI=1S/C8H7N5O2/c9-6-3-8(12-2-1-10-5-12)11-4-7(6)13(14)15/h1-5H,(H2,9,11). The number of nitrogens with zero attached hydrogens (tertiary/aromatic N) is 4. The first-order chi connectivity index (χ1) is 7.18. The number of imidazole rings is 1. The molecule has 7 heteroatoms. The van der Waals surface area contributed by atoms with Gasteiger partial charge in [0.25, 0.3) is 0 Å². The lowest BCUT2D eigenvalue weighted by Gasteiger charge is -2.01. The topological polar surface area (TPSA) is 99.9 Å². The average molecular weight is 205 g/mol. The smallest absolute Gasteiger partial charge is 0.310 e. The third-order valence-electron chi connectivity index (χ3n) is 1.87. The molecule has 0 aliphatic carbocycles. The summed E-state index contributed by atoms with van der Waals surface area (Å²) in [5, 5.41) is 10.5. The van der Waals surface area contributed by atoms with Gasteiger partial charge in [0.15, 0.2) is 0 Å². The highest BCUT2D eigenvalue weighted by Crippen LogP contribution is 2.21. The molecule has 0 saturated carbocycles. The zero-order valence-electron chi connectivity index (χ0n) is 7.57. The van der Waals surface area contributed by atoms with E-state index in [1.165, 1.54) is 12.4 Å². The van der Waals surface area contributed by atoms with Crippen LogP contribution in [-0.2, 0) is 0 Å². The molecule has 2 heterocycles. The van der Waals surface area contributed by atoms with Gasteiger partial charge in [0.1, 0.15) is 24.0 Å². The van der Waals surface area contributed by atoms with Crippen LogP contribution in [0, 0.1) is 10.1 Å². The van der Waals surface area contributed by atoms with Gasteiger partial charge in [-0.15, -0.1) is 0 Å². The van der Waals surface area contributed by atoms with E-state index in [0.717, 1.165) is 6.20 Å². The van der Waals surface area contributed by atoms with E-state index in [2.05, 4.69) is 9.97 Å². The van der Waals surface area contributed by atoms with Crippen LogP contribution in [-0.4, -0.2) is 19.5 Å². The van der Waals surface area contributed by atoms with E-state index in [4.69, 9.17) is 5.73 Å². The van der Waals surface area contributed by atoms with Crippen LogP contribution in [0.5, 0.6) is 0 Å². The van der Waals surface area contributed by atoms with E-state index in [9.17, 15) is 10.1 Å². The molecule has 2 rings (SSSR count). The van der Waals surface area contributed by atoms with Gasteiger partial charge in [0, 0.05) is 18.5 Å². The number of pyridine rings is 1. The summed E-state index contributed by atoms with van der Waals surface area (Å²) >= 11 is 0. The highest BCUT2D eigenvalue weighted by Gasteiger charge is 2.12. The molecule has 2 aromatic heterocycles. The molecular formula is C8H7N5O2. The molecule has 7 nitrogen and oxygen atoms in total. The van der Waals surface area contributed by atoms with Crippen molar-refractivity contribution in [2.45, 2.75) is 0 Å². The Morgan fingerprint density at radius 3 is 2.87 bits per heavy atom. The van der Waals surface area contributed by atoms with Crippen molar-refractivity contribution in [3.63, 3.8) is 0 Å². The average Bonchev–Trinajstić information content (AvgIpc) is 2.69. The number of nitro groups is 1. The van der Waals surface area contributed by atoms with Gasteiger partial charge in [-0.1, -0.05) is 0 Å². The first kappa shape index (κ1) is 9.13. The largest absolute Gasteiger partial charge is 0.393 e. The van der Waals surface area contributed by atoms with Gasteiger partial charge < -0.3 is 5.73 Å². The Hall–Kier alpha value is -2.44. The van der Waals surface area contributed by atoms with Crippen LogP contribution >= 0.6 is 0 Å². The summed E-state index contributed by atoms with van der Waals surface area (Å²) in [5.41, 5.74) is 5.40. The summed E-state index contributed by atoms with van der Waals surface area (Å²) in [5.74, 6) is 0.496. The predicted octanol–water partition coefficient (Wildman–Crippen LogP) is 0.758. The third-order valence-corrected chi connectivity index (χ3v) is 1.87. The molecule has 0 aliphatic heterocycles. The minimum atomic E-state index is -0.569. The van der Waals surface area contributed by atoms with E-state index in [0.29, 0.717) is 5.82 Å². The van der Waals surface area contributed by atoms with Crippen molar-refractivity contribution in [2.75, 3.05) is 5.73 Å². The molecule has 76 valence electrons. The fourth-order valence-electron chi connectivity index (χ4n) is 1.14. The fourth-order valence-corrected chi connectivity index (χ4v) is 1.14. The third kappa shape index (κ3) is 1.62. The fraction of sp³-hybridized carbons (Fsp3) is 0. The summed E-state index contributed by atoms with van der Waals surface area (Å²) in [7, 11) is 0. The molecule has 0 bridgehead atoms. The highest BCUT2D eigenvalue weighted by molar-refractivity contribution is 5.59. The molecular weight excluding hydrogens is 198 g/mol. The van der Waals surface area contributed by atoms with Crippen molar-refractivity contribution in [1.29, 1.82) is 0 Å². The minimum absolute atomic E-state index is 0.0821. The van der Waals surface area contributed by atoms with Gasteiger partial charge in [0.2, 0.25) is 0 Å². The van der Waals surface area contributed by atoms with Crippen molar-refractivity contribution in [3.8, 4) is 5.82 Å². The molecule has 0 saturated heterocycles. The quantitative estimate of drug-likeness (QED) is 0.576. The van der Waals surface area contributed by atoms with Crippen LogP contribution < -0.4 is 5.73 Å². The van der Waals surface area contributed by atoms with Gasteiger partial charge in [-0.25, -0.2) is 9.97 Å². The normalized spacial score (nSPS) is 10.1. The van der Waals surface area contributed by atoms with Gasteiger partial charge in [-0.3, -0.25) is 14.7 Å². The Balaban J connectivity index is 2.47. The Morgan fingerprint density at radius 2 is 2.33 bits per heavy atom. The van der Waals surface area contributed by atoms with E-state index in [1.807, 2.05) is 0 Å². The highest BCUT2D eigenvalue weighted by atomic mass is 16.6. The molecule has 2 aromatic rings. The lowest BCUT2D eigenvalue weighted by Crippen LogP contribution is -2.00. The number of hydrogen-bond acceptors (Lipinski definition) is 5. The number of anilines is 1.